The Kier molecular flexibility index (Phi) is 6.03. The van der Waals surface area contributed by atoms with E-state index in [9.17, 15) is 14.7 Å². The van der Waals surface area contributed by atoms with Gasteiger partial charge in [0.15, 0.2) is 0 Å². The lowest BCUT2D eigenvalue weighted by Crippen LogP contribution is -2.58. The molecule has 0 aliphatic rings. The van der Waals surface area contributed by atoms with E-state index in [0.717, 1.165) is 0 Å². The number of amides is 1. The Bertz CT molecular complexity index is 250. The molecule has 0 saturated carbocycles. The Morgan fingerprint density at radius 1 is 1.25 bits per heavy atom. The van der Waals surface area contributed by atoms with Crippen LogP contribution in [0.3, 0.4) is 0 Å². The zero-order valence-corrected chi connectivity index (χ0v) is 10.5. The highest BCUT2D eigenvalue weighted by molar-refractivity contribution is 5.84. The van der Waals surface area contributed by atoms with E-state index in [0.29, 0.717) is 19.4 Å². The van der Waals surface area contributed by atoms with Crippen molar-refractivity contribution in [3.8, 4) is 0 Å². The molecular weight excluding hydrogens is 208 g/mol. The maximum absolute atomic E-state index is 11.5. The molecule has 0 aromatic heterocycles. The molecular formula is C11H22N2O3. The smallest absolute Gasteiger partial charge is 0.323 e. The van der Waals surface area contributed by atoms with Crippen molar-refractivity contribution < 1.29 is 14.7 Å². The Labute approximate surface area is 96.6 Å². The first-order chi connectivity index (χ1) is 7.43. The second-order valence-electron chi connectivity index (χ2n) is 3.85. The highest BCUT2D eigenvalue weighted by atomic mass is 16.4. The Hall–Kier alpha value is -1.10. The lowest BCUT2D eigenvalue weighted by Gasteiger charge is -2.31. The third kappa shape index (κ3) is 3.48. The maximum atomic E-state index is 11.5. The summed E-state index contributed by atoms with van der Waals surface area (Å²) in [5.41, 5.74) is -1.01. The van der Waals surface area contributed by atoms with Gasteiger partial charge >= 0.3 is 5.97 Å². The van der Waals surface area contributed by atoms with E-state index >= 15 is 0 Å². The molecule has 0 rings (SSSR count). The maximum Gasteiger partial charge on any atom is 0.323 e. The summed E-state index contributed by atoms with van der Waals surface area (Å²) >= 11 is 0. The third-order valence-corrected chi connectivity index (χ3v) is 2.85. The summed E-state index contributed by atoms with van der Waals surface area (Å²) in [6, 6.07) is -0.504. The predicted molar refractivity (Wildman–Crippen MR) is 62.2 cm³/mol. The van der Waals surface area contributed by atoms with Crippen LogP contribution >= 0.6 is 0 Å². The Balaban J connectivity index is 4.63. The highest BCUT2D eigenvalue weighted by Gasteiger charge is 2.36. The van der Waals surface area contributed by atoms with Crippen molar-refractivity contribution in [1.82, 2.24) is 10.6 Å². The standard InChI is InChI=1S/C11H22N2O3/c1-5-11(6-2,10(15)16)13-8(4)9(14)12-7-3/h8,13H,5-7H2,1-4H3,(H,12,14)(H,15,16). The van der Waals surface area contributed by atoms with Crippen LogP contribution in [0.25, 0.3) is 0 Å². The second kappa shape index (κ2) is 6.48. The van der Waals surface area contributed by atoms with Crippen LogP contribution in [-0.4, -0.2) is 35.1 Å². The first kappa shape index (κ1) is 14.9. The molecule has 0 spiro atoms. The van der Waals surface area contributed by atoms with Crippen LogP contribution in [0.2, 0.25) is 0 Å². The largest absolute Gasteiger partial charge is 0.480 e. The average Bonchev–Trinajstić information content (AvgIpc) is 2.25. The van der Waals surface area contributed by atoms with E-state index in [2.05, 4.69) is 10.6 Å². The van der Waals surface area contributed by atoms with Gasteiger partial charge in [-0.3, -0.25) is 14.9 Å². The number of carbonyl (C=O) groups is 2. The van der Waals surface area contributed by atoms with Gasteiger partial charge in [0.2, 0.25) is 5.91 Å². The lowest BCUT2D eigenvalue weighted by atomic mass is 9.92. The summed E-state index contributed by atoms with van der Waals surface area (Å²) in [5, 5.41) is 14.8. The fraction of sp³-hybridized carbons (Fsp3) is 0.818. The molecule has 0 heterocycles. The molecule has 1 amide bonds. The van der Waals surface area contributed by atoms with Crippen molar-refractivity contribution in [3.63, 3.8) is 0 Å². The summed E-state index contributed by atoms with van der Waals surface area (Å²) in [6.45, 7) is 7.65. The molecule has 0 aromatic carbocycles. The number of likely N-dealkylation sites (N-methyl/N-ethyl adjacent to an activating group) is 1. The van der Waals surface area contributed by atoms with Crippen molar-refractivity contribution in [1.29, 1.82) is 0 Å². The predicted octanol–water partition coefficient (Wildman–Crippen LogP) is 0.744. The van der Waals surface area contributed by atoms with Crippen LogP contribution in [0.1, 0.15) is 40.5 Å². The third-order valence-electron chi connectivity index (χ3n) is 2.85. The van der Waals surface area contributed by atoms with Gasteiger partial charge in [-0.1, -0.05) is 13.8 Å². The molecule has 0 saturated heterocycles. The first-order valence-electron chi connectivity index (χ1n) is 5.72. The van der Waals surface area contributed by atoms with E-state index in [-0.39, 0.29) is 5.91 Å². The van der Waals surface area contributed by atoms with Gasteiger partial charge in [-0.15, -0.1) is 0 Å². The molecule has 0 aromatic rings. The van der Waals surface area contributed by atoms with Crippen LogP contribution in [0, 0.1) is 0 Å². The average molecular weight is 230 g/mol. The topological polar surface area (TPSA) is 78.4 Å². The molecule has 16 heavy (non-hydrogen) atoms. The van der Waals surface area contributed by atoms with Crippen molar-refractivity contribution in [3.05, 3.63) is 0 Å². The molecule has 3 N–H and O–H groups in total. The van der Waals surface area contributed by atoms with E-state index in [1.807, 2.05) is 6.92 Å². The first-order valence-corrected chi connectivity index (χ1v) is 5.72. The van der Waals surface area contributed by atoms with E-state index < -0.39 is 17.6 Å². The van der Waals surface area contributed by atoms with Gasteiger partial charge < -0.3 is 10.4 Å². The monoisotopic (exact) mass is 230 g/mol. The van der Waals surface area contributed by atoms with Gasteiger partial charge in [-0.25, -0.2) is 0 Å². The molecule has 0 aliphatic heterocycles. The number of aliphatic carboxylic acids is 1. The molecule has 0 radical (unpaired) electrons. The Morgan fingerprint density at radius 2 is 1.75 bits per heavy atom. The van der Waals surface area contributed by atoms with Gasteiger partial charge in [0.25, 0.3) is 0 Å². The fourth-order valence-electron chi connectivity index (χ4n) is 1.63. The normalized spacial score (nSPS) is 13.2. The highest BCUT2D eigenvalue weighted by Crippen LogP contribution is 2.16. The number of carboxylic acids is 1. The second-order valence-corrected chi connectivity index (χ2v) is 3.85. The summed E-state index contributed by atoms with van der Waals surface area (Å²) in [6.07, 6.45) is 0.894. The number of carboxylic acid groups (broad SMARTS) is 1. The van der Waals surface area contributed by atoms with Crippen LogP contribution in [-0.2, 0) is 9.59 Å². The summed E-state index contributed by atoms with van der Waals surface area (Å²) in [7, 11) is 0. The number of hydrogen-bond donors (Lipinski definition) is 3. The quantitative estimate of drug-likeness (QED) is 0.603. The van der Waals surface area contributed by atoms with Gasteiger partial charge in [0, 0.05) is 6.54 Å². The SMILES string of the molecule is CCNC(=O)C(C)NC(CC)(CC)C(=O)O. The summed E-state index contributed by atoms with van der Waals surface area (Å²) in [4.78, 5) is 22.7. The number of carbonyl (C=O) groups excluding carboxylic acids is 1. The van der Waals surface area contributed by atoms with Gasteiger partial charge in [-0.2, -0.15) is 0 Å². The zero-order valence-electron chi connectivity index (χ0n) is 10.5. The summed E-state index contributed by atoms with van der Waals surface area (Å²) in [5.74, 6) is -1.08. The molecule has 1 atom stereocenters. The van der Waals surface area contributed by atoms with E-state index in [1.165, 1.54) is 0 Å². The van der Waals surface area contributed by atoms with E-state index in [4.69, 9.17) is 0 Å². The van der Waals surface area contributed by atoms with Gasteiger partial charge in [-0.05, 0) is 26.7 Å². The summed E-state index contributed by atoms with van der Waals surface area (Å²) < 4.78 is 0. The van der Waals surface area contributed by atoms with Crippen LogP contribution < -0.4 is 10.6 Å². The molecule has 94 valence electrons. The molecule has 0 bridgehead atoms. The number of nitrogens with one attached hydrogen (secondary N) is 2. The zero-order chi connectivity index (χ0) is 12.8. The molecule has 0 fully saturated rings. The van der Waals surface area contributed by atoms with Crippen LogP contribution in [0.15, 0.2) is 0 Å². The van der Waals surface area contributed by atoms with Crippen LogP contribution in [0.4, 0.5) is 0 Å². The molecule has 5 heteroatoms. The molecule has 1 unspecified atom stereocenters. The minimum absolute atomic E-state index is 0.171. The van der Waals surface area contributed by atoms with Gasteiger partial charge in [0.05, 0.1) is 6.04 Å². The minimum Gasteiger partial charge on any atom is -0.480 e. The molecule has 0 aliphatic carbocycles. The van der Waals surface area contributed by atoms with Crippen molar-refractivity contribution in [2.24, 2.45) is 0 Å². The molecule has 5 nitrogen and oxygen atoms in total. The van der Waals surface area contributed by atoms with Crippen molar-refractivity contribution in [2.45, 2.75) is 52.1 Å². The fourth-order valence-corrected chi connectivity index (χ4v) is 1.63. The minimum atomic E-state index is -1.01. The van der Waals surface area contributed by atoms with Crippen molar-refractivity contribution in [2.75, 3.05) is 6.54 Å². The van der Waals surface area contributed by atoms with Crippen LogP contribution in [0.5, 0.6) is 0 Å². The number of hydrogen-bond acceptors (Lipinski definition) is 3. The number of rotatable bonds is 7. The van der Waals surface area contributed by atoms with Crippen molar-refractivity contribution >= 4 is 11.9 Å². The van der Waals surface area contributed by atoms with Gasteiger partial charge in [0.1, 0.15) is 5.54 Å². The lowest BCUT2D eigenvalue weighted by molar-refractivity contribution is -0.146. The Morgan fingerprint density at radius 3 is 2.06 bits per heavy atom. The van der Waals surface area contributed by atoms with E-state index in [1.54, 1.807) is 20.8 Å².